The van der Waals surface area contributed by atoms with Crippen LogP contribution in [0.4, 0.5) is 5.69 Å². The third-order valence-corrected chi connectivity index (χ3v) is 5.56. The maximum Gasteiger partial charge on any atom is 0.271 e. The van der Waals surface area contributed by atoms with Gasteiger partial charge in [0.05, 0.1) is 26.5 Å². The van der Waals surface area contributed by atoms with E-state index in [1.165, 1.54) is 22.8 Å². The SMILES string of the molecule is O=c1c2cc(I)ccc2nc(C=Cc2ccccc2O)n1-c1ccc([N+](=O)[O-])cc1Cl. The number of benzene rings is 3. The number of rotatable bonds is 4. The molecule has 0 unspecified atom stereocenters. The van der Waals surface area contributed by atoms with Gasteiger partial charge in [0.2, 0.25) is 0 Å². The normalized spacial score (nSPS) is 11.3. The number of phenols is 1. The van der Waals surface area contributed by atoms with E-state index >= 15 is 0 Å². The van der Waals surface area contributed by atoms with E-state index in [1.54, 1.807) is 48.6 Å². The van der Waals surface area contributed by atoms with E-state index in [9.17, 15) is 20.0 Å². The maximum absolute atomic E-state index is 13.4. The summed E-state index contributed by atoms with van der Waals surface area (Å²) in [4.78, 5) is 28.5. The standard InChI is InChI=1S/C22H13ClIN3O4/c23-17-12-15(27(30)31)7-9-19(17)26-21(10-5-13-3-1-2-4-20(13)28)25-18-8-6-14(24)11-16(18)22(26)29/h1-12,28H. The van der Waals surface area contributed by atoms with E-state index in [-0.39, 0.29) is 33.5 Å². The first-order valence-corrected chi connectivity index (χ1v) is 10.4. The Balaban J connectivity index is 1.99. The second-order valence-corrected chi connectivity index (χ2v) is 8.21. The van der Waals surface area contributed by atoms with Crippen LogP contribution in [0.5, 0.6) is 5.75 Å². The zero-order chi connectivity index (χ0) is 22.1. The van der Waals surface area contributed by atoms with E-state index in [1.807, 2.05) is 6.07 Å². The molecular weight excluding hydrogens is 533 g/mol. The summed E-state index contributed by atoms with van der Waals surface area (Å²) in [7, 11) is 0. The molecule has 0 aliphatic heterocycles. The van der Waals surface area contributed by atoms with E-state index in [0.717, 1.165) is 3.57 Å². The van der Waals surface area contributed by atoms with Gasteiger partial charge in [0.15, 0.2) is 0 Å². The van der Waals surface area contributed by atoms with Gasteiger partial charge in [-0.15, -0.1) is 0 Å². The van der Waals surface area contributed by atoms with Gasteiger partial charge in [-0.3, -0.25) is 19.5 Å². The number of halogens is 2. The number of aromatic hydroxyl groups is 1. The van der Waals surface area contributed by atoms with Gasteiger partial charge >= 0.3 is 0 Å². The number of hydrogen-bond donors (Lipinski definition) is 1. The van der Waals surface area contributed by atoms with Crippen LogP contribution in [0.2, 0.25) is 5.02 Å². The highest BCUT2D eigenvalue weighted by atomic mass is 127. The van der Waals surface area contributed by atoms with Crippen LogP contribution in [0.25, 0.3) is 28.7 Å². The molecule has 9 heteroatoms. The van der Waals surface area contributed by atoms with Crippen molar-refractivity contribution in [3.63, 3.8) is 0 Å². The predicted octanol–water partition coefficient (Wildman–Crippen LogP) is 5.43. The zero-order valence-electron chi connectivity index (χ0n) is 15.7. The molecular formula is C22H13ClIN3O4. The first kappa shape index (κ1) is 21.0. The van der Waals surface area contributed by atoms with Crippen LogP contribution in [-0.2, 0) is 0 Å². The Kier molecular flexibility index (Phi) is 5.75. The Labute approximate surface area is 194 Å². The minimum atomic E-state index is -0.557. The van der Waals surface area contributed by atoms with E-state index in [4.69, 9.17) is 11.6 Å². The van der Waals surface area contributed by atoms with Crippen molar-refractivity contribution in [3.8, 4) is 11.4 Å². The van der Waals surface area contributed by atoms with Crippen molar-refractivity contribution in [1.29, 1.82) is 0 Å². The third kappa shape index (κ3) is 4.17. The fraction of sp³-hybridized carbons (Fsp3) is 0. The maximum atomic E-state index is 13.4. The second kappa shape index (κ2) is 8.48. The number of nitro groups is 1. The third-order valence-electron chi connectivity index (χ3n) is 4.59. The van der Waals surface area contributed by atoms with E-state index in [0.29, 0.717) is 16.5 Å². The van der Waals surface area contributed by atoms with Gasteiger partial charge < -0.3 is 5.11 Å². The van der Waals surface area contributed by atoms with Crippen molar-refractivity contribution in [3.05, 3.63) is 101 Å². The minimum absolute atomic E-state index is 0.0419. The first-order chi connectivity index (χ1) is 14.8. The van der Waals surface area contributed by atoms with E-state index in [2.05, 4.69) is 27.6 Å². The van der Waals surface area contributed by atoms with Gasteiger partial charge in [0.25, 0.3) is 11.2 Å². The fourth-order valence-electron chi connectivity index (χ4n) is 3.10. The number of phenolic OH excluding ortho intramolecular Hbond substituents is 1. The molecule has 0 saturated heterocycles. The quantitative estimate of drug-likeness (QED) is 0.210. The lowest BCUT2D eigenvalue weighted by molar-refractivity contribution is -0.384. The monoisotopic (exact) mass is 545 g/mol. The number of hydrogen-bond acceptors (Lipinski definition) is 5. The molecule has 0 amide bonds. The Morgan fingerprint density at radius 3 is 2.58 bits per heavy atom. The first-order valence-electron chi connectivity index (χ1n) is 8.98. The number of non-ortho nitro benzene ring substituents is 1. The van der Waals surface area contributed by atoms with Crippen LogP contribution < -0.4 is 5.56 Å². The Bertz CT molecular complexity index is 1430. The molecule has 4 rings (SSSR count). The highest BCUT2D eigenvalue weighted by Gasteiger charge is 2.17. The molecule has 0 radical (unpaired) electrons. The molecule has 154 valence electrons. The van der Waals surface area contributed by atoms with Gasteiger partial charge in [-0.1, -0.05) is 29.8 Å². The molecule has 0 saturated carbocycles. The van der Waals surface area contributed by atoms with Gasteiger partial charge in [-0.25, -0.2) is 4.98 Å². The smallest absolute Gasteiger partial charge is 0.271 e. The Morgan fingerprint density at radius 1 is 1.10 bits per heavy atom. The van der Waals surface area contributed by atoms with Gasteiger partial charge in [-0.2, -0.15) is 0 Å². The fourth-order valence-corrected chi connectivity index (χ4v) is 3.85. The molecule has 0 atom stereocenters. The lowest BCUT2D eigenvalue weighted by Gasteiger charge is -2.13. The average molecular weight is 546 g/mol. The zero-order valence-corrected chi connectivity index (χ0v) is 18.6. The predicted molar refractivity (Wildman–Crippen MR) is 129 cm³/mol. The number of aromatic nitrogens is 2. The number of nitrogens with zero attached hydrogens (tertiary/aromatic N) is 3. The summed E-state index contributed by atoms with van der Waals surface area (Å²) in [6.07, 6.45) is 3.22. The largest absolute Gasteiger partial charge is 0.507 e. The summed E-state index contributed by atoms with van der Waals surface area (Å²) < 4.78 is 2.17. The van der Waals surface area contributed by atoms with Crippen LogP contribution >= 0.6 is 34.2 Å². The molecule has 0 fully saturated rings. The molecule has 3 aromatic carbocycles. The summed E-state index contributed by atoms with van der Waals surface area (Å²) in [5, 5.41) is 21.5. The Hall–Kier alpha value is -3.24. The molecule has 0 aliphatic carbocycles. The lowest BCUT2D eigenvalue weighted by Crippen LogP contribution is -2.22. The molecule has 4 aromatic rings. The molecule has 1 N–H and O–H groups in total. The van der Waals surface area contributed by atoms with Crippen molar-refractivity contribution in [2.45, 2.75) is 0 Å². The van der Waals surface area contributed by atoms with Gasteiger partial charge in [0.1, 0.15) is 11.6 Å². The lowest BCUT2D eigenvalue weighted by atomic mass is 10.1. The number of fused-ring (bicyclic) bond motifs is 1. The molecule has 7 nitrogen and oxygen atoms in total. The van der Waals surface area contributed by atoms with Gasteiger partial charge in [0, 0.05) is 21.3 Å². The van der Waals surface area contributed by atoms with E-state index < -0.39 is 4.92 Å². The summed E-state index contributed by atoms with van der Waals surface area (Å²) in [5.41, 5.74) is 0.757. The molecule has 0 aliphatic rings. The van der Waals surface area contributed by atoms with Crippen molar-refractivity contribution in [2.24, 2.45) is 0 Å². The van der Waals surface area contributed by atoms with Crippen LogP contribution in [0.3, 0.4) is 0 Å². The van der Waals surface area contributed by atoms with Crippen LogP contribution in [0, 0.1) is 13.7 Å². The highest BCUT2D eigenvalue weighted by Crippen LogP contribution is 2.27. The summed E-state index contributed by atoms with van der Waals surface area (Å²) in [6.45, 7) is 0. The molecule has 1 heterocycles. The van der Waals surface area contributed by atoms with Crippen molar-refractivity contribution in [1.82, 2.24) is 9.55 Å². The van der Waals surface area contributed by atoms with Crippen molar-refractivity contribution in [2.75, 3.05) is 0 Å². The molecule has 1 aromatic heterocycles. The number of nitro benzene ring substituents is 1. The van der Waals surface area contributed by atoms with Crippen molar-refractivity contribution >= 4 is 62.9 Å². The van der Waals surface area contributed by atoms with Gasteiger partial charge in [-0.05, 0) is 65.1 Å². The molecule has 0 bridgehead atoms. The van der Waals surface area contributed by atoms with Crippen molar-refractivity contribution < 1.29 is 10.0 Å². The highest BCUT2D eigenvalue weighted by molar-refractivity contribution is 14.1. The van der Waals surface area contributed by atoms with Crippen LogP contribution in [0.1, 0.15) is 11.4 Å². The second-order valence-electron chi connectivity index (χ2n) is 6.56. The molecule has 0 spiro atoms. The minimum Gasteiger partial charge on any atom is -0.507 e. The van der Waals surface area contributed by atoms with Crippen LogP contribution in [-0.4, -0.2) is 19.6 Å². The summed E-state index contributed by atoms with van der Waals surface area (Å²) in [5.74, 6) is 0.342. The number of para-hydroxylation sites is 1. The Morgan fingerprint density at radius 2 is 1.87 bits per heavy atom. The topological polar surface area (TPSA) is 98.3 Å². The van der Waals surface area contributed by atoms with Crippen LogP contribution in [0.15, 0.2) is 65.5 Å². The summed E-state index contributed by atoms with van der Waals surface area (Å²) in [6, 6.07) is 15.9. The average Bonchev–Trinajstić information content (AvgIpc) is 2.74. The molecule has 31 heavy (non-hydrogen) atoms. The summed E-state index contributed by atoms with van der Waals surface area (Å²) >= 11 is 8.43.